The Morgan fingerprint density at radius 3 is 2.19 bits per heavy atom. The van der Waals surface area contributed by atoms with E-state index in [1.54, 1.807) is 13.8 Å². The van der Waals surface area contributed by atoms with Crippen molar-refractivity contribution < 1.29 is 23.1 Å². The molecule has 0 aromatic heterocycles. The van der Waals surface area contributed by atoms with Crippen LogP contribution in [0.15, 0.2) is 0 Å². The van der Waals surface area contributed by atoms with Gasteiger partial charge in [-0.05, 0) is 39.8 Å². The maximum absolute atomic E-state index is 12.1. The molecule has 0 aromatic carbocycles. The molecule has 1 fully saturated rings. The first-order chi connectivity index (χ1) is 12.5. The number of hydrogen-bond acceptors (Lipinski definition) is 6. The third kappa shape index (κ3) is 11.1. The lowest BCUT2D eigenvalue weighted by Gasteiger charge is -2.25. The van der Waals surface area contributed by atoms with Crippen LogP contribution in [-0.4, -0.2) is 92.2 Å². The van der Waals surface area contributed by atoms with Gasteiger partial charge in [-0.15, -0.1) is 0 Å². The van der Waals surface area contributed by atoms with Gasteiger partial charge in [0.2, 0.25) is 21.8 Å². The number of halogens is 2. The van der Waals surface area contributed by atoms with Gasteiger partial charge in [0.1, 0.15) is 6.04 Å². The zero-order valence-corrected chi connectivity index (χ0v) is 21.2. The van der Waals surface area contributed by atoms with Crippen molar-refractivity contribution in [1.82, 2.24) is 19.8 Å². The summed E-state index contributed by atoms with van der Waals surface area (Å²) in [5.74, 6) is -0.641. The number of amides is 2. The molecule has 0 radical (unpaired) electrons. The van der Waals surface area contributed by atoms with Crippen LogP contribution >= 0.6 is 37.2 Å². The quantitative estimate of drug-likeness (QED) is 0.311. The number of rotatable bonds is 9. The Kier molecular flexibility index (Phi) is 13.6. The van der Waals surface area contributed by atoms with E-state index in [2.05, 4.69) is 47.9 Å². The Labute approximate surface area is 185 Å². The van der Waals surface area contributed by atoms with Gasteiger partial charge in [0.25, 0.3) is 0 Å². The molecule has 0 bridgehead atoms. The van der Waals surface area contributed by atoms with E-state index < -0.39 is 34.1 Å². The van der Waals surface area contributed by atoms with Crippen molar-refractivity contribution >= 4 is 59.1 Å². The lowest BCUT2D eigenvalue weighted by Crippen LogP contribution is -2.53. The van der Waals surface area contributed by atoms with Crippen LogP contribution in [0.5, 0.6) is 0 Å². The molecule has 0 aliphatic carbocycles. The van der Waals surface area contributed by atoms with Gasteiger partial charge in [0.05, 0.1) is 24.9 Å². The van der Waals surface area contributed by atoms with Gasteiger partial charge in [-0.25, -0.2) is 12.7 Å². The van der Waals surface area contributed by atoms with E-state index in [4.69, 9.17) is 0 Å². The Bertz CT molecular complexity index is 573. The molecule has 12 heteroatoms. The number of likely N-dealkylation sites (N-methyl/N-ethyl adjacent to an activating group) is 1. The first-order valence-electron chi connectivity index (χ1n) is 8.56. The number of aliphatic hydroxyl groups excluding tert-OH is 1. The van der Waals surface area contributed by atoms with Gasteiger partial charge in [-0.3, -0.25) is 14.5 Å². The molecule has 3 N–H and O–H groups in total. The lowest BCUT2D eigenvalue weighted by molar-refractivity contribution is -0.129. The highest BCUT2D eigenvalue weighted by Gasteiger charge is 2.25. The van der Waals surface area contributed by atoms with E-state index in [1.807, 2.05) is 4.90 Å². The van der Waals surface area contributed by atoms with Gasteiger partial charge in [-0.2, -0.15) is 0 Å². The van der Waals surface area contributed by atoms with Gasteiger partial charge in [-0.1, -0.05) is 0 Å². The maximum atomic E-state index is 12.1. The summed E-state index contributed by atoms with van der Waals surface area (Å²) in [6, 6.07) is -1.40. The van der Waals surface area contributed by atoms with Crippen LogP contribution in [0.25, 0.3) is 0 Å². The molecule has 0 aromatic rings. The molecule has 1 heterocycles. The summed E-state index contributed by atoms with van der Waals surface area (Å²) in [6.45, 7) is 5.08. The van der Waals surface area contributed by atoms with Crippen LogP contribution in [0.4, 0.5) is 0 Å². The second-order valence-corrected chi connectivity index (χ2v) is 8.77. The zero-order chi connectivity index (χ0) is 21.2. The molecule has 9 nitrogen and oxygen atoms in total. The molecule has 2 amide bonds. The van der Waals surface area contributed by atoms with E-state index in [9.17, 15) is 23.1 Å². The molecule has 0 saturated carbocycles. The molecule has 0 spiro atoms. The van der Waals surface area contributed by atoms with Crippen molar-refractivity contribution in [3.63, 3.8) is 0 Å². The third-order valence-electron chi connectivity index (χ3n) is 4.29. The molecule has 1 aliphatic heterocycles. The standard InChI is InChI=1S/C15H30N4O5S.I2/c1-11(13(20)9-18(3)25(4,23)24)17-15(22)12(2)16-14(21)10-19-7-5-6-8-19;1-2/h11-13,20H,5-10H2,1-4H3,(H,16,21)(H,17,22);. The number of sulfonamides is 1. The highest BCUT2D eigenvalue weighted by molar-refractivity contribution is 15.0. The van der Waals surface area contributed by atoms with E-state index in [1.165, 1.54) is 7.05 Å². The molecule has 1 saturated heterocycles. The zero-order valence-electron chi connectivity index (χ0n) is 16.1. The summed E-state index contributed by atoms with van der Waals surface area (Å²) < 4.78 is 23.7. The molecule has 3 atom stereocenters. The monoisotopic (exact) mass is 632 g/mol. The predicted molar refractivity (Wildman–Crippen MR) is 122 cm³/mol. The predicted octanol–water partition coefficient (Wildman–Crippen LogP) is 0.115. The summed E-state index contributed by atoms with van der Waals surface area (Å²) in [6.07, 6.45) is 2.15. The number of nitrogens with one attached hydrogen (secondary N) is 2. The van der Waals surface area contributed by atoms with E-state index >= 15 is 0 Å². The summed E-state index contributed by atoms with van der Waals surface area (Å²) in [5, 5.41) is 15.3. The fourth-order valence-corrected chi connectivity index (χ4v) is 2.92. The molecule has 160 valence electrons. The van der Waals surface area contributed by atoms with E-state index in [0.29, 0.717) is 0 Å². The van der Waals surface area contributed by atoms with Crippen molar-refractivity contribution in [1.29, 1.82) is 0 Å². The largest absolute Gasteiger partial charge is 0.390 e. The fourth-order valence-electron chi connectivity index (χ4n) is 2.50. The van der Waals surface area contributed by atoms with Crippen molar-refractivity contribution in [3.8, 4) is 0 Å². The van der Waals surface area contributed by atoms with Crippen LogP contribution in [-0.2, 0) is 19.6 Å². The molecule has 3 unspecified atom stereocenters. The summed E-state index contributed by atoms with van der Waals surface area (Å²) >= 11 is 4.24. The number of aliphatic hydroxyl groups is 1. The van der Waals surface area contributed by atoms with E-state index in [0.717, 1.165) is 36.5 Å². The average Bonchev–Trinajstić information content (AvgIpc) is 3.08. The van der Waals surface area contributed by atoms with Crippen molar-refractivity contribution in [3.05, 3.63) is 0 Å². The normalized spacial score (nSPS) is 18.2. The van der Waals surface area contributed by atoms with E-state index in [-0.39, 0.29) is 19.0 Å². The summed E-state index contributed by atoms with van der Waals surface area (Å²) in [5.41, 5.74) is 0. The maximum Gasteiger partial charge on any atom is 0.242 e. The van der Waals surface area contributed by atoms with Crippen molar-refractivity contribution in [2.75, 3.05) is 39.5 Å². The molecule has 27 heavy (non-hydrogen) atoms. The third-order valence-corrected chi connectivity index (χ3v) is 5.58. The minimum Gasteiger partial charge on any atom is -0.390 e. The summed E-state index contributed by atoms with van der Waals surface area (Å²) in [4.78, 5) is 26.1. The average molecular weight is 632 g/mol. The smallest absolute Gasteiger partial charge is 0.242 e. The van der Waals surface area contributed by atoms with Crippen LogP contribution in [0.3, 0.4) is 0 Å². The Hall–Kier alpha value is 0.230. The SMILES string of the molecule is CC(NC(=O)CN1CCCC1)C(=O)NC(C)C(O)CN(C)S(C)(=O)=O.II. The van der Waals surface area contributed by atoms with Crippen LogP contribution < -0.4 is 10.6 Å². The van der Waals surface area contributed by atoms with Crippen molar-refractivity contribution in [2.45, 2.75) is 44.9 Å². The lowest BCUT2D eigenvalue weighted by atomic mass is 10.1. The number of likely N-dealkylation sites (tertiary alicyclic amines) is 1. The molecule has 1 aliphatic rings. The minimum atomic E-state index is -3.40. The van der Waals surface area contributed by atoms with Crippen LogP contribution in [0, 0.1) is 0 Å². The van der Waals surface area contributed by atoms with Gasteiger partial charge >= 0.3 is 0 Å². The number of carbonyl (C=O) groups excluding carboxylic acids is 2. The number of carbonyl (C=O) groups is 2. The fraction of sp³-hybridized carbons (Fsp3) is 0.867. The molecular formula is C15H30I2N4O5S. The Morgan fingerprint density at radius 2 is 1.70 bits per heavy atom. The highest BCUT2D eigenvalue weighted by Crippen LogP contribution is 2.06. The molecular weight excluding hydrogens is 602 g/mol. The van der Waals surface area contributed by atoms with Gasteiger partial charge in [0, 0.05) is 50.8 Å². The van der Waals surface area contributed by atoms with Crippen LogP contribution in [0.1, 0.15) is 26.7 Å². The van der Waals surface area contributed by atoms with Crippen LogP contribution in [0.2, 0.25) is 0 Å². The number of nitrogens with zero attached hydrogens (tertiary/aromatic N) is 2. The first-order valence-corrected chi connectivity index (χ1v) is 16.7. The highest BCUT2D eigenvalue weighted by atomic mass is 128. The first kappa shape index (κ1) is 27.2. The second-order valence-electron chi connectivity index (χ2n) is 6.68. The number of hydrogen-bond donors (Lipinski definition) is 3. The van der Waals surface area contributed by atoms with Gasteiger partial charge < -0.3 is 15.7 Å². The molecule has 1 rings (SSSR count). The Morgan fingerprint density at radius 1 is 1.19 bits per heavy atom. The second kappa shape index (κ2) is 13.5. The van der Waals surface area contributed by atoms with Gasteiger partial charge in [0.15, 0.2) is 0 Å². The summed E-state index contributed by atoms with van der Waals surface area (Å²) in [7, 11) is -2.05. The van der Waals surface area contributed by atoms with Crippen molar-refractivity contribution in [2.24, 2.45) is 0 Å². The minimum absolute atomic E-state index is 0.129. The Balaban J connectivity index is 0.00000326. The topological polar surface area (TPSA) is 119 Å².